The van der Waals surface area contributed by atoms with Gasteiger partial charge in [-0.3, -0.25) is 0 Å². The van der Waals surface area contributed by atoms with Gasteiger partial charge in [0.1, 0.15) is 11.2 Å². The van der Waals surface area contributed by atoms with Crippen LogP contribution in [0.1, 0.15) is 0 Å². The molecule has 1 heterocycles. The van der Waals surface area contributed by atoms with Gasteiger partial charge in [-0.25, -0.2) is 0 Å². The third-order valence-corrected chi connectivity index (χ3v) is 9.84. The van der Waals surface area contributed by atoms with Crippen LogP contribution in [0.3, 0.4) is 0 Å². The molecule has 0 amide bonds. The van der Waals surface area contributed by atoms with Crippen molar-refractivity contribution in [2.24, 2.45) is 0 Å². The summed E-state index contributed by atoms with van der Waals surface area (Å²) in [7, 11) is 0. The summed E-state index contributed by atoms with van der Waals surface area (Å²) in [4.78, 5) is 2.45. The van der Waals surface area contributed by atoms with Crippen LogP contribution in [0.15, 0.2) is 180 Å². The van der Waals surface area contributed by atoms with E-state index in [0.717, 1.165) is 50.1 Å². The summed E-state index contributed by atoms with van der Waals surface area (Å²) in [5, 5.41) is 11.9. The zero-order chi connectivity index (χ0) is 31.6. The smallest absolute Gasteiger partial charge is 0.145 e. The van der Waals surface area contributed by atoms with Crippen molar-refractivity contribution in [1.82, 2.24) is 0 Å². The molecule has 0 radical (unpaired) electrons. The Labute approximate surface area is 277 Å². The number of hydrogen-bond acceptors (Lipinski definition) is 2. The average molecular weight is 612 g/mol. The van der Waals surface area contributed by atoms with Gasteiger partial charge in [0.2, 0.25) is 0 Å². The van der Waals surface area contributed by atoms with Gasteiger partial charge < -0.3 is 9.32 Å². The van der Waals surface area contributed by atoms with Crippen LogP contribution in [-0.4, -0.2) is 0 Å². The van der Waals surface area contributed by atoms with E-state index in [1.165, 1.54) is 43.1 Å². The number of furan rings is 1. The number of hydrogen-bond donors (Lipinski definition) is 0. The molecule has 0 N–H and O–H groups in total. The highest BCUT2D eigenvalue weighted by molar-refractivity contribution is 6.21. The summed E-state index contributed by atoms with van der Waals surface area (Å²) < 4.78 is 6.86. The lowest BCUT2D eigenvalue weighted by atomic mass is 9.95. The molecule has 0 saturated heterocycles. The minimum absolute atomic E-state index is 0.878. The molecule has 0 aliphatic heterocycles. The Hall–Kier alpha value is -6.38. The highest BCUT2D eigenvalue weighted by atomic mass is 16.3. The van der Waals surface area contributed by atoms with Crippen molar-refractivity contribution in [2.75, 3.05) is 4.90 Å². The van der Waals surface area contributed by atoms with Crippen LogP contribution in [0, 0.1) is 0 Å². The Kier molecular flexibility index (Phi) is 5.91. The second kappa shape index (κ2) is 10.6. The summed E-state index contributed by atoms with van der Waals surface area (Å²) in [6.45, 7) is 0. The Morgan fingerprint density at radius 3 is 1.69 bits per heavy atom. The molecular weight excluding hydrogens is 583 g/mol. The summed E-state index contributed by atoms with van der Waals surface area (Å²) in [5.74, 6) is 0. The van der Waals surface area contributed by atoms with Crippen LogP contribution in [0.2, 0.25) is 0 Å². The number of benzene rings is 9. The Bertz CT molecular complexity index is 2850. The van der Waals surface area contributed by atoms with Crippen molar-refractivity contribution in [2.45, 2.75) is 0 Å². The third-order valence-electron chi connectivity index (χ3n) is 9.84. The number of fused-ring (bicyclic) bond motifs is 8. The monoisotopic (exact) mass is 611 g/mol. The predicted molar refractivity (Wildman–Crippen MR) is 204 cm³/mol. The van der Waals surface area contributed by atoms with Gasteiger partial charge in [0.25, 0.3) is 0 Å². The topological polar surface area (TPSA) is 16.4 Å². The van der Waals surface area contributed by atoms with E-state index in [0.29, 0.717) is 0 Å². The average Bonchev–Trinajstić information content (AvgIpc) is 3.55. The van der Waals surface area contributed by atoms with Crippen LogP contribution < -0.4 is 4.90 Å². The minimum Gasteiger partial charge on any atom is -0.455 e. The summed E-state index contributed by atoms with van der Waals surface area (Å²) in [5.41, 5.74) is 7.35. The van der Waals surface area contributed by atoms with Crippen LogP contribution in [-0.2, 0) is 0 Å². The Balaban J connectivity index is 1.35. The fraction of sp³-hybridized carbons (Fsp3) is 0. The maximum atomic E-state index is 6.86. The van der Waals surface area contributed by atoms with E-state index in [9.17, 15) is 0 Å². The van der Waals surface area contributed by atoms with Crippen LogP contribution in [0.25, 0.3) is 76.2 Å². The highest BCUT2D eigenvalue weighted by Crippen LogP contribution is 2.49. The molecule has 2 nitrogen and oxygen atoms in total. The molecule has 0 spiro atoms. The molecule has 10 aromatic rings. The predicted octanol–water partition coefficient (Wildman–Crippen LogP) is 13.3. The first kappa shape index (κ1) is 26.8. The standard InChI is InChI=1S/C46H29NO/c1-4-17-33-30(12-1)15-9-21-37(33)39-28-29-43(45-40-20-7-8-25-44(40)48-46(39)45)47(41-23-10-16-31-13-3-6-19-35(31)41)42-24-11-22-36-34-18-5-2-14-32(34)26-27-38(36)42/h1-29H. The molecule has 0 saturated carbocycles. The molecule has 0 fully saturated rings. The van der Waals surface area contributed by atoms with Gasteiger partial charge in [0, 0.05) is 21.7 Å². The molecule has 2 heteroatoms. The normalized spacial score (nSPS) is 11.8. The fourth-order valence-corrected chi connectivity index (χ4v) is 7.68. The second-order valence-electron chi connectivity index (χ2n) is 12.5. The lowest BCUT2D eigenvalue weighted by molar-refractivity contribution is 0.670. The summed E-state index contributed by atoms with van der Waals surface area (Å²) >= 11 is 0. The van der Waals surface area contributed by atoms with Crippen molar-refractivity contribution in [3.63, 3.8) is 0 Å². The SMILES string of the molecule is c1ccc2c(-c3ccc(N(c4cccc5ccccc45)c4cccc5c4ccc4ccccc45)c4c3oc3ccccc34)cccc2c1. The Morgan fingerprint density at radius 1 is 0.312 bits per heavy atom. The minimum atomic E-state index is 0.878. The summed E-state index contributed by atoms with van der Waals surface area (Å²) in [6, 6.07) is 63.2. The van der Waals surface area contributed by atoms with Gasteiger partial charge in [-0.05, 0) is 68.2 Å². The van der Waals surface area contributed by atoms with Crippen LogP contribution in [0.5, 0.6) is 0 Å². The van der Waals surface area contributed by atoms with E-state index >= 15 is 0 Å². The second-order valence-corrected chi connectivity index (χ2v) is 12.5. The molecule has 10 rings (SSSR count). The number of nitrogens with zero attached hydrogens (tertiary/aromatic N) is 1. The first-order chi connectivity index (χ1) is 23.8. The van der Waals surface area contributed by atoms with Crippen molar-refractivity contribution >= 4 is 82.1 Å². The molecule has 9 aromatic carbocycles. The largest absolute Gasteiger partial charge is 0.455 e. The molecular formula is C46H29NO. The van der Waals surface area contributed by atoms with Gasteiger partial charge in [-0.1, -0.05) is 146 Å². The highest BCUT2D eigenvalue weighted by Gasteiger charge is 2.25. The van der Waals surface area contributed by atoms with E-state index < -0.39 is 0 Å². The molecule has 0 aliphatic rings. The van der Waals surface area contributed by atoms with Gasteiger partial charge in [-0.15, -0.1) is 0 Å². The molecule has 0 unspecified atom stereocenters. The third kappa shape index (κ3) is 4.00. The maximum Gasteiger partial charge on any atom is 0.145 e. The van der Waals surface area contributed by atoms with Crippen molar-refractivity contribution in [3.8, 4) is 11.1 Å². The maximum absolute atomic E-state index is 6.86. The molecule has 0 atom stereocenters. The molecule has 0 aliphatic carbocycles. The number of rotatable bonds is 4. The zero-order valence-corrected chi connectivity index (χ0v) is 26.1. The molecule has 1 aromatic heterocycles. The van der Waals surface area contributed by atoms with Gasteiger partial charge in [-0.2, -0.15) is 0 Å². The number of anilines is 3. The van der Waals surface area contributed by atoms with E-state index in [-0.39, 0.29) is 0 Å². The number of para-hydroxylation sites is 1. The van der Waals surface area contributed by atoms with Crippen molar-refractivity contribution in [1.29, 1.82) is 0 Å². The van der Waals surface area contributed by atoms with Crippen molar-refractivity contribution < 1.29 is 4.42 Å². The van der Waals surface area contributed by atoms with Gasteiger partial charge >= 0.3 is 0 Å². The first-order valence-electron chi connectivity index (χ1n) is 16.4. The van der Waals surface area contributed by atoms with E-state index in [2.05, 4.69) is 181 Å². The van der Waals surface area contributed by atoms with E-state index in [1.54, 1.807) is 0 Å². The lowest BCUT2D eigenvalue weighted by Crippen LogP contribution is -2.11. The van der Waals surface area contributed by atoms with Gasteiger partial charge in [0.15, 0.2) is 0 Å². The zero-order valence-electron chi connectivity index (χ0n) is 26.1. The molecule has 48 heavy (non-hydrogen) atoms. The Morgan fingerprint density at radius 2 is 0.875 bits per heavy atom. The summed E-state index contributed by atoms with van der Waals surface area (Å²) in [6.07, 6.45) is 0. The van der Waals surface area contributed by atoms with E-state index in [1.807, 2.05) is 0 Å². The lowest BCUT2D eigenvalue weighted by Gasteiger charge is -2.29. The quantitative estimate of drug-likeness (QED) is 0.184. The molecule has 224 valence electrons. The van der Waals surface area contributed by atoms with E-state index in [4.69, 9.17) is 4.42 Å². The van der Waals surface area contributed by atoms with Crippen molar-refractivity contribution in [3.05, 3.63) is 176 Å². The fourth-order valence-electron chi connectivity index (χ4n) is 7.68. The molecule has 0 bridgehead atoms. The first-order valence-corrected chi connectivity index (χ1v) is 16.4. The van der Waals surface area contributed by atoms with Crippen LogP contribution in [0.4, 0.5) is 17.1 Å². The van der Waals surface area contributed by atoms with Crippen LogP contribution >= 0.6 is 0 Å². The van der Waals surface area contributed by atoms with Gasteiger partial charge in [0.05, 0.1) is 22.4 Å².